The molecule has 0 unspecified atom stereocenters. The number of amides is 2. The van der Waals surface area contributed by atoms with Crippen LogP contribution in [0.25, 0.3) is 5.57 Å². The van der Waals surface area contributed by atoms with E-state index in [0.29, 0.717) is 22.9 Å². The molecule has 1 aliphatic carbocycles. The highest BCUT2D eigenvalue weighted by atomic mass is 16.5. The summed E-state index contributed by atoms with van der Waals surface area (Å²) in [7, 11) is 3.15. The van der Waals surface area contributed by atoms with Gasteiger partial charge in [0.15, 0.2) is 0 Å². The third kappa shape index (κ3) is 3.53. The Balaban J connectivity index is 1.52. The molecule has 0 bridgehead atoms. The Hall–Kier alpha value is -4.39. The molecule has 4 atom stereocenters. The van der Waals surface area contributed by atoms with Crippen molar-refractivity contribution in [2.75, 3.05) is 19.1 Å². The van der Waals surface area contributed by atoms with E-state index in [1.807, 2.05) is 55.5 Å². The zero-order valence-corrected chi connectivity index (χ0v) is 20.6. The molecule has 0 radical (unpaired) electrons. The lowest BCUT2D eigenvalue weighted by molar-refractivity contribution is -0.142. The fourth-order valence-corrected chi connectivity index (χ4v) is 5.81. The summed E-state index contributed by atoms with van der Waals surface area (Å²) in [5.74, 6) is -2.38. The SMILES string of the molecule is COc1ccc([C@@H]2C=C3c4ccc(C)cc4OC(=O)[C@@H]3[C@H]3C(=O)N(c4ccc(OC)cc4)C(=O)[C@@H]32)cc1. The van der Waals surface area contributed by atoms with E-state index in [1.165, 1.54) is 4.90 Å². The van der Waals surface area contributed by atoms with Crippen LogP contribution in [0.1, 0.15) is 22.6 Å². The minimum Gasteiger partial charge on any atom is -0.497 e. The Morgan fingerprint density at radius 1 is 0.784 bits per heavy atom. The molecule has 1 fully saturated rings. The van der Waals surface area contributed by atoms with Crippen molar-refractivity contribution >= 4 is 29.0 Å². The van der Waals surface area contributed by atoms with Crippen LogP contribution in [-0.4, -0.2) is 32.0 Å². The summed E-state index contributed by atoms with van der Waals surface area (Å²) in [6, 6.07) is 20.0. The van der Waals surface area contributed by atoms with E-state index >= 15 is 0 Å². The molecule has 0 N–H and O–H groups in total. The van der Waals surface area contributed by atoms with Gasteiger partial charge in [0.1, 0.15) is 17.2 Å². The van der Waals surface area contributed by atoms with Crippen LogP contribution in [0.4, 0.5) is 5.69 Å². The molecule has 7 nitrogen and oxygen atoms in total. The Kier molecular flexibility index (Phi) is 5.37. The van der Waals surface area contributed by atoms with Crippen LogP contribution in [-0.2, 0) is 14.4 Å². The molecule has 0 spiro atoms. The number of benzene rings is 3. The summed E-state index contributed by atoms with van der Waals surface area (Å²) in [6.45, 7) is 1.93. The Morgan fingerprint density at radius 3 is 2.05 bits per heavy atom. The van der Waals surface area contributed by atoms with E-state index in [9.17, 15) is 14.4 Å². The number of hydrogen-bond donors (Lipinski definition) is 0. The van der Waals surface area contributed by atoms with E-state index in [1.54, 1.807) is 38.5 Å². The van der Waals surface area contributed by atoms with Crippen molar-refractivity contribution in [1.29, 1.82) is 0 Å². The number of esters is 1. The van der Waals surface area contributed by atoms with Gasteiger partial charge in [-0.25, -0.2) is 4.90 Å². The quantitative estimate of drug-likeness (QED) is 0.300. The van der Waals surface area contributed by atoms with E-state index in [4.69, 9.17) is 14.2 Å². The van der Waals surface area contributed by atoms with Gasteiger partial charge in [0.05, 0.1) is 37.7 Å². The number of rotatable bonds is 4. The first kappa shape index (κ1) is 23.0. The molecular formula is C30H25NO6. The first-order chi connectivity index (χ1) is 17.9. The Morgan fingerprint density at radius 2 is 1.41 bits per heavy atom. The van der Waals surface area contributed by atoms with Gasteiger partial charge < -0.3 is 14.2 Å². The van der Waals surface area contributed by atoms with Crippen molar-refractivity contribution < 1.29 is 28.6 Å². The lowest BCUT2D eigenvalue weighted by Gasteiger charge is -2.38. The van der Waals surface area contributed by atoms with Crippen molar-refractivity contribution in [3.8, 4) is 17.2 Å². The molecule has 7 heteroatoms. The highest BCUT2D eigenvalue weighted by molar-refractivity contribution is 6.24. The number of allylic oxidation sites excluding steroid dienone is 1. The number of ether oxygens (including phenoxy) is 3. The van der Waals surface area contributed by atoms with Crippen LogP contribution in [0.3, 0.4) is 0 Å². The maximum atomic E-state index is 14.0. The van der Waals surface area contributed by atoms with Crippen LogP contribution in [0.2, 0.25) is 0 Å². The zero-order chi connectivity index (χ0) is 25.8. The number of anilines is 1. The predicted molar refractivity (Wildman–Crippen MR) is 136 cm³/mol. The number of carbonyl (C=O) groups is 3. The summed E-state index contributed by atoms with van der Waals surface area (Å²) in [5.41, 5.74) is 3.78. The first-order valence-electron chi connectivity index (χ1n) is 12.1. The van der Waals surface area contributed by atoms with Gasteiger partial charge in [0.25, 0.3) is 0 Å². The van der Waals surface area contributed by atoms with Crippen LogP contribution in [0.5, 0.6) is 17.2 Å². The second kappa shape index (κ2) is 8.62. The third-order valence-corrected chi connectivity index (χ3v) is 7.58. The largest absolute Gasteiger partial charge is 0.497 e. The number of hydrogen-bond acceptors (Lipinski definition) is 6. The third-order valence-electron chi connectivity index (χ3n) is 7.58. The lowest BCUT2D eigenvalue weighted by Crippen LogP contribution is -2.42. The van der Waals surface area contributed by atoms with Crippen molar-refractivity contribution in [3.05, 3.63) is 89.5 Å². The number of nitrogens with zero attached hydrogens (tertiary/aromatic N) is 1. The average molecular weight is 496 g/mol. The van der Waals surface area contributed by atoms with Gasteiger partial charge in [0.2, 0.25) is 11.8 Å². The monoisotopic (exact) mass is 495 g/mol. The second-order valence-corrected chi connectivity index (χ2v) is 9.58. The maximum Gasteiger partial charge on any atom is 0.319 e. The smallest absolute Gasteiger partial charge is 0.319 e. The molecular weight excluding hydrogens is 470 g/mol. The number of carbonyl (C=O) groups excluding carboxylic acids is 3. The summed E-state index contributed by atoms with van der Waals surface area (Å²) in [4.78, 5) is 42.5. The number of imide groups is 1. The first-order valence-corrected chi connectivity index (χ1v) is 12.1. The fraction of sp³-hybridized carbons (Fsp3) is 0.233. The van der Waals surface area contributed by atoms with Crippen molar-refractivity contribution in [3.63, 3.8) is 0 Å². The fourth-order valence-electron chi connectivity index (χ4n) is 5.81. The second-order valence-electron chi connectivity index (χ2n) is 9.58. The molecule has 3 aromatic rings. The highest BCUT2D eigenvalue weighted by Gasteiger charge is 2.60. The standard InChI is InChI=1S/C30H25NO6/c1-16-4-13-21-23-15-22(17-5-9-19(35-2)10-6-17)25-27(26(23)30(34)37-24(21)14-16)29(33)31(28(25)32)18-7-11-20(36-3)12-8-18/h4-15,22,25-27H,1-3H3/t22-,25+,26-,27-/m0/s1. The van der Waals surface area contributed by atoms with Gasteiger partial charge in [-0.2, -0.15) is 0 Å². The molecule has 3 aromatic carbocycles. The van der Waals surface area contributed by atoms with Gasteiger partial charge in [-0.05, 0) is 66.1 Å². The van der Waals surface area contributed by atoms with Crippen LogP contribution >= 0.6 is 0 Å². The van der Waals surface area contributed by atoms with Crippen molar-refractivity contribution in [2.24, 2.45) is 17.8 Å². The molecule has 37 heavy (non-hydrogen) atoms. The molecule has 2 amide bonds. The van der Waals surface area contributed by atoms with Crippen molar-refractivity contribution in [1.82, 2.24) is 0 Å². The molecule has 1 saturated heterocycles. The number of aryl methyl sites for hydroxylation is 1. The summed E-state index contributed by atoms with van der Waals surface area (Å²) in [5, 5.41) is 0. The molecule has 2 aliphatic heterocycles. The van der Waals surface area contributed by atoms with Gasteiger partial charge in [0, 0.05) is 11.5 Å². The number of fused-ring (bicyclic) bond motifs is 5. The lowest BCUT2D eigenvalue weighted by atomic mass is 9.64. The summed E-state index contributed by atoms with van der Waals surface area (Å²) >= 11 is 0. The van der Waals surface area contributed by atoms with Crippen molar-refractivity contribution in [2.45, 2.75) is 12.8 Å². The minimum absolute atomic E-state index is 0.334. The van der Waals surface area contributed by atoms with Crippen LogP contribution < -0.4 is 19.1 Å². The van der Waals surface area contributed by atoms with E-state index in [-0.39, 0.29) is 5.91 Å². The van der Waals surface area contributed by atoms with Crippen LogP contribution in [0, 0.1) is 24.7 Å². The zero-order valence-electron chi connectivity index (χ0n) is 20.6. The topological polar surface area (TPSA) is 82.1 Å². The molecule has 3 aliphatic rings. The summed E-state index contributed by atoms with van der Waals surface area (Å²) < 4.78 is 16.3. The Bertz CT molecular complexity index is 1460. The summed E-state index contributed by atoms with van der Waals surface area (Å²) in [6.07, 6.45) is 1.98. The number of methoxy groups -OCH3 is 2. The predicted octanol–water partition coefficient (Wildman–Crippen LogP) is 4.53. The Labute approximate surface area is 214 Å². The van der Waals surface area contributed by atoms with E-state index < -0.39 is 35.5 Å². The van der Waals surface area contributed by atoms with Gasteiger partial charge in [-0.3, -0.25) is 14.4 Å². The average Bonchev–Trinajstić information content (AvgIpc) is 3.18. The van der Waals surface area contributed by atoms with Gasteiger partial charge in [-0.1, -0.05) is 30.3 Å². The highest BCUT2D eigenvalue weighted by Crippen LogP contribution is 2.54. The molecule has 6 rings (SSSR count). The van der Waals surface area contributed by atoms with E-state index in [0.717, 1.165) is 22.3 Å². The maximum absolute atomic E-state index is 14.0. The van der Waals surface area contributed by atoms with Gasteiger partial charge in [-0.15, -0.1) is 0 Å². The molecule has 0 saturated carbocycles. The molecule has 2 heterocycles. The van der Waals surface area contributed by atoms with E-state index in [2.05, 4.69) is 0 Å². The normalized spacial score (nSPS) is 24.0. The minimum atomic E-state index is -0.886. The molecule has 186 valence electrons. The van der Waals surface area contributed by atoms with Crippen LogP contribution in [0.15, 0.2) is 72.8 Å². The molecule has 0 aromatic heterocycles. The van der Waals surface area contributed by atoms with Gasteiger partial charge >= 0.3 is 5.97 Å².